The Bertz CT molecular complexity index is 591. The van der Waals surface area contributed by atoms with E-state index in [1.54, 1.807) is 19.1 Å². The molecule has 140 valence electrons. The van der Waals surface area contributed by atoms with Crippen molar-refractivity contribution in [1.29, 1.82) is 0 Å². The average molecular weight is 353 g/mol. The smallest absolute Gasteiger partial charge is 0.134 e. The Morgan fingerprint density at radius 1 is 1.24 bits per heavy atom. The number of halogens is 1. The third-order valence-corrected chi connectivity index (χ3v) is 5.13. The van der Waals surface area contributed by atoms with E-state index in [2.05, 4.69) is 4.90 Å². The number of β-amino-alcohol motifs (C(OH)–C–C–N with tert-alkyl or cyclic N) is 2. The second-order valence-corrected chi connectivity index (χ2v) is 7.62. The van der Waals surface area contributed by atoms with E-state index in [0.717, 1.165) is 25.7 Å². The minimum Gasteiger partial charge on any atom is -0.490 e. The Morgan fingerprint density at radius 2 is 2.00 bits per heavy atom. The number of nitrogens with zero attached hydrogens (tertiary/aromatic N) is 1. The molecule has 1 aliphatic heterocycles. The summed E-state index contributed by atoms with van der Waals surface area (Å²) in [5.41, 5.74) is -1.31. The number of aryl methyl sites for hydroxylation is 1. The van der Waals surface area contributed by atoms with E-state index >= 15 is 0 Å². The molecule has 0 aromatic heterocycles. The second kappa shape index (κ2) is 7.58. The highest BCUT2D eigenvalue weighted by Gasteiger charge is 2.38. The lowest BCUT2D eigenvalue weighted by Crippen LogP contribution is -2.52. The van der Waals surface area contributed by atoms with Crippen molar-refractivity contribution < 1.29 is 24.1 Å². The lowest BCUT2D eigenvalue weighted by Gasteiger charge is -2.34. The van der Waals surface area contributed by atoms with Gasteiger partial charge >= 0.3 is 0 Å². The van der Waals surface area contributed by atoms with Crippen molar-refractivity contribution in [3.63, 3.8) is 0 Å². The van der Waals surface area contributed by atoms with Crippen molar-refractivity contribution in [3.8, 4) is 5.75 Å². The summed E-state index contributed by atoms with van der Waals surface area (Å²) in [6.07, 6.45) is 3.73. The quantitative estimate of drug-likeness (QED) is 0.846. The highest BCUT2D eigenvalue weighted by Crippen LogP contribution is 2.31. The summed E-state index contributed by atoms with van der Waals surface area (Å²) in [7, 11) is 0. The van der Waals surface area contributed by atoms with Gasteiger partial charge in [-0.05, 0) is 43.5 Å². The van der Waals surface area contributed by atoms with Gasteiger partial charge in [-0.15, -0.1) is 0 Å². The molecule has 1 atom stereocenters. The van der Waals surface area contributed by atoms with E-state index in [4.69, 9.17) is 9.47 Å². The van der Waals surface area contributed by atoms with Crippen LogP contribution in [0.15, 0.2) is 18.2 Å². The van der Waals surface area contributed by atoms with E-state index in [-0.39, 0.29) is 19.0 Å². The monoisotopic (exact) mass is 353 g/mol. The van der Waals surface area contributed by atoms with Crippen LogP contribution in [-0.2, 0) is 4.74 Å². The summed E-state index contributed by atoms with van der Waals surface area (Å²) < 4.78 is 24.6. The Kier molecular flexibility index (Phi) is 5.63. The molecule has 6 heteroatoms. The largest absolute Gasteiger partial charge is 0.490 e. The van der Waals surface area contributed by atoms with E-state index in [1.807, 2.05) is 0 Å². The molecule has 1 aliphatic carbocycles. The third-order valence-electron chi connectivity index (χ3n) is 5.13. The first-order valence-electron chi connectivity index (χ1n) is 9.01. The molecule has 1 aromatic carbocycles. The molecule has 2 fully saturated rings. The van der Waals surface area contributed by atoms with Crippen LogP contribution in [0.1, 0.15) is 31.2 Å². The molecule has 0 amide bonds. The molecular formula is C19H28FNO4. The minimum absolute atomic E-state index is 0.0625. The van der Waals surface area contributed by atoms with Gasteiger partial charge in [0.25, 0.3) is 0 Å². The number of rotatable bonds is 5. The molecule has 3 rings (SSSR count). The summed E-state index contributed by atoms with van der Waals surface area (Å²) in [6.45, 7) is 4.06. The fraction of sp³-hybridized carbons (Fsp3) is 0.684. The van der Waals surface area contributed by atoms with Crippen molar-refractivity contribution in [2.45, 2.75) is 43.8 Å². The van der Waals surface area contributed by atoms with Gasteiger partial charge in [0.05, 0.1) is 18.8 Å². The summed E-state index contributed by atoms with van der Waals surface area (Å²) in [5.74, 6) is 0.248. The van der Waals surface area contributed by atoms with Crippen molar-refractivity contribution in [1.82, 2.24) is 4.90 Å². The summed E-state index contributed by atoms with van der Waals surface area (Å²) >= 11 is 0. The first-order chi connectivity index (χ1) is 11.9. The highest BCUT2D eigenvalue weighted by atomic mass is 19.1. The fourth-order valence-electron chi connectivity index (χ4n) is 3.75. The van der Waals surface area contributed by atoms with Crippen molar-refractivity contribution in [2.24, 2.45) is 0 Å². The van der Waals surface area contributed by atoms with Crippen LogP contribution in [0.25, 0.3) is 0 Å². The molecule has 0 spiro atoms. The molecule has 1 saturated heterocycles. The van der Waals surface area contributed by atoms with Gasteiger partial charge in [0, 0.05) is 19.6 Å². The molecule has 1 aromatic rings. The van der Waals surface area contributed by atoms with Gasteiger partial charge in [-0.1, -0.05) is 12.8 Å². The van der Waals surface area contributed by atoms with Crippen molar-refractivity contribution in [3.05, 3.63) is 29.6 Å². The zero-order valence-electron chi connectivity index (χ0n) is 14.8. The molecule has 1 heterocycles. The van der Waals surface area contributed by atoms with Gasteiger partial charge in [-0.2, -0.15) is 0 Å². The molecule has 0 bridgehead atoms. The van der Waals surface area contributed by atoms with Gasteiger partial charge in [0.15, 0.2) is 0 Å². The maximum Gasteiger partial charge on any atom is 0.134 e. The van der Waals surface area contributed by atoms with Crippen LogP contribution in [0.4, 0.5) is 4.39 Å². The topological polar surface area (TPSA) is 62.2 Å². The Morgan fingerprint density at radius 3 is 2.72 bits per heavy atom. The molecule has 2 N–H and O–H groups in total. The minimum atomic E-state index is -1.16. The first kappa shape index (κ1) is 18.6. The van der Waals surface area contributed by atoms with Crippen LogP contribution in [0.3, 0.4) is 0 Å². The van der Waals surface area contributed by atoms with Crippen LogP contribution in [0.2, 0.25) is 0 Å². The maximum absolute atomic E-state index is 13.3. The van der Waals surface area contributed by atoms with Gasteiger partial charge < -0.3 is 19.7 Å². The van der Waals surface area contributed by atoms with Crippen LogP contribution in [0.5, 0.6) is 5.75 Å². The number of aliphatic hydroxyl groups is 2. The zero-order valence-corrected chi connectivity index (χ0v) is 14.8. The van der Waals surface area contributed by atoms with Crippen molar-refractivity contribution >= 4 is 0 Å². The maximum atomic E-state index is 13.3. The fourth-order valence-corrected chi connectivity index (χ4v) is 3.75. The Balaban J connectivity index is 1.61. The third kappa shape index (κ3) is 4.91. The van der Waals surface area contributed by atoms with Crippen LogP contribution < -0.4 is 4.74 Å². The summed E-state index contributed by atoms with van der Waals surface area (Å²) in [6, 6.07) is 4.54. The molecule has 25 heavy (non-hydrogen) atoms. The SMILES string of the molecule is Cc1cc(OC[C@]2(O)COCCN(CC3(O)CCCC3)C2)ccc1F. The highest BCUT2D eigenvalue weighted by molar-refractivity contribution is 5.28. The van der Waals surface area contributed by atoms with Gasteiger partial charge in [0.2, 0.25) is 0 Å². The van der Waals surface area contributed by atoms with Crippen molar-refractivity contribution in [2.75, 3.05) is 39.5 Å². The lowest BCUT2D eigenvalue weighted by atomic mass is 10.00. The van der Waals surface area contributed by atoms with E-state index in [0.29, 0.717) is 37.6 Å². The molecular weight excluding hydrogens is 325 g/mol. The predicted molar refractivity (Wildman–Crippen MR) is 92.3 cm³/mol. The number of benzene rings is 1. The first-order valence-corrected chi connectivity index (χ1v) is 9.01. The number of hydrogen-bond acceptors (Lipinski definition) is 5. The van der Waals surface area contributed by atoms with E-state index < -0.39 is 11.2 Å². The van der Waals surface area contributed by atoms with E-state index in [9.17, 15) is 14.6 Å². The predicted octanol–water partition coefficient (Wildman–Crippen LogP) is 1.88. The second-order valence-electron chi connectivity index (χ2n) is 7.62. The lowest BCUT2D eigenvalue weighted by molar-refractivity contribution is -0.0712. The molecule has 0 unspecified atom stereocenters. The van der Waals surface area contributed by atoms with E-state index in [1.165, 1.54) is 6.07 Å². The van der Waals surface area contributed by atoms with Gasteiger partial charge in [0.1, 0.15) is 23.8 Å². The normalized spacial score (nSPS) is 27.2. The zero-order chi connectivity index (χ0) is 17.9. The summed E-state index contributed by atoms with van der Waals surface area (Å²) in [5, 5.41) is 21.6. The number of ether oxygens (including phenoxy) is 2. The standard InChI is InChI=1S/C19H28FNO4/c1-15-10-16(4-5-17(15)20)25-14-19(23)12-21(8-9-24-13-19)11-18(22)6-2-3-7-18/h4-5,10,22-23H,2-3,6-9,11-14H2,1H3/t19-/m1/s1. The molecule has 5 nitrogen and oxygen atoms in total. The van der Waals surface area contributed by atoms with Crippen LogP contribution in [0, 0.1) is 12.7 Å². The molecule has 2 aliphatic rings. The number of hydrogen-bond donors (Lipinski definition) is 2. The van der Waals surface area contributed by atoms with Crippen LogP contribution >= 0.6 is 0 Å². The van der Waals surface area contributed by atoms with Gasteiger partial charge in [-0.25, -0.2) is 4.39 Å². The molecule has 1 saturated carbocycles. The van der Waals surface area contributed by atoms with Crippen LogP contribution in [-0.4, -0.2) is 65.8 Å². The Labute approximate surface area is 148 Å². The Hall–Kier alpha value is -1.21. The van der Waals surface area contributed by atoms with Gasteiger partial charge in [-0.3, -0.25) is 4.90 Å². The average Bonchev–Trinajstić information content (AvgIpc) is 2.90. The summed E-state index contributed by atoms with van der Waals surface area (Å²) in [4.78, 5) is 2.07. The molecule has 0 radical (unpaired) electrons.